The van der Waals surface area contributed by atoms with Gasteiger partial charge in [-0.25, -0.2) is 4.79 Å². The zero-order valence-electron chi connectivity index (χ0n) is 7.22. The van der Waals surface area contributed by atoms with Crippen molar-refractivity contribution < 1.29 is 24.6 Å². The lowest BCUT2D eigenvalue weighted by molar-refractivity contribution is -0.154. The zero-order chi connectivity index (χ0) is 11.5. The lowest BCUT2D eigenvalue weighted by atomic mass is 10.1. The van der Waals surface area contributed by atoms with Gasteiger partial charge in [-0.2, -0.15) is 0 Å². The molecule has 0 saturated carbocycles. The average molecular weight is 222 g/mol. The first-order chi connectivity index (χ1) is 6.19. The molecule has 0 aliphatic heterocycles. The number of nitrogens with two attached hydrogens (primary N) is 1. The van der Waals surface area contributed by atoms with Gasteiger partial charge in [0.15, 0.2) is 6.04 Å². The molecule has 0 aromatic carbocycles. The van der Waals surface area contributed by atoms with Crippen LogP contribution in [0.5, 0.6) is 0 Å². The highest BCUT2D eigenvalue weighted by Crippen LogP contribution is 2.15. The summed E-state index contributed by atoms with van der Waals surface area (Å²) in [7, 11) is 0. The Labute approximate surface area is 84.7 Å². The Hall–Kier alpha value is -1.28. The number of amides is 2. The highest BCUT2D eigenvalue weighted by molar-refractivity contribution is 7.82. The molecule has 0 fully saturated rings. The van der Waals surface area contributed by atoms with E-state index in [1.54, 1.807) is 0 Å². The third kappa shape index (κ3) is 2.89. The van der Waals surface area contributed by atoms with E-state index < -0.39 is 28.8 Å². The molecule has 0 saturated heterocycles. The van der Waals surface area contributed by atoms with Gasteiger partial charge in [0.25, 0.3) is 0 Å². The number of carbonyl (C=O) groups is 3. The zero-order valence-corrected chi connectivity index (χ0v) is 8.12. The molecular weight excluding hydrogens is 212 g/mol. The van der Waals surface area contributed by atoms with Crippen LogP contribution in [0.4, 0.5) is 0 Å². The Balaban J connectivity index is 4.91. The van der Waals surface area contributed by atoms with Crippen molar-refractivity contribution in [2.24, 2.45) is 5.73 Å². The Kier molecular flexibility index (Phi) is 3.90. The first-order valence-corrected chi connectivity index (χ1v) is 3.89. The largest absolute Gasteiger partial charge is 0.478 e. The lowest BCUT2D eigenvalue weighted by Crippen LogP contribution is -2.59. The van der Waals surface area contributed by atoms with E-state index in [9.17, 15) is 19.5 Å². The van der Waals surface area contributed by atoms with E-state index in [4.69, 9.17) is 10.8 Å². The summed E-state index contributed by atoms with van der Waals surface area (Å²) in [5, 5.41) is 19.6. The smallest absolute Gasteiger partial charge is 0.349 e. The summed E-state index contributed by atoms with van der Waals surface area (Å²) in [5.74, 6) is -3.68. The predicted octanol–water partition coefficient (Wildman–Crippen LogP) is -2.32. The summed E-state index contributed by atoms with van der Waals surface area (Å²) < 4.78 is 0. The van der Waals surface area contributed by atoms with Crippen molar-refractivity contribution in [2.45, 2.75) is 17.9 Å². The van der Waals surface area contributed by atoms with Crippen LogP contribution in [-0.2, 0) is 14.4 Å². The van der Waals surface area contributed by atoms with Crippen LogP contribution in [0.3, 0.4) is 0 Å². The average Bonchev–Trinajstić information content (AvgIpc) is 1.98. The number of carbonyl (C=O) groups excluding carboxylic acids is 2. The number of aliphatic carboxylic acids is 1. The standard InChI is InChI=1S/C6H10N2O5S/c1-2(9)8-3(4(7)10)6(13,14)5(11)12/h3,13-14H,1H3,(H2,7,10)(H,8,9)(H,11,12). The van der Waals surface area contributed by atoms with Crippen LogP contribution in [0.15, 0.2) is 0 Å². The van der Waals surface area contributed by atoms with Gasteiger partial charge < -0.3 is 21.3 Å². The third-order valence-corrected chi connectivity index (χ3v) is 1.80. The second-order valence-corrected chi connectivity index (χ2v) is 3.25. The number of hydrogen-bond donors (Lipinski definition) is 5. The fraction of sp³-hybridized carbons (Fsp3) is 0.500. The van der Waals surface area contributed by atoms with Crippen molar-refractivity contribution in [3.05, 3.63) is 0 Å². The van der Waals surface area contributed by atoms with E-state index in [0.717, 1.165) is 6.92 Å². The first kappa shape index (κ1) is 12.7. The Morgan fingerprint density at radius 2 is 1.93 bits per heavy atom. The number of nitrogens with one attached hydrogen (secondary N) is 1. The molecular formula is C6H10N2O5S. The Bertz CT molecular complexity index is 277. The molecule has 0 heterocycles. The molecule has 2 atom stereocenters. The maximum atomic E-state index is 10.7. The van der Waals surface area contributed by atoms with E-state index in [2.05, 4.69) is 12.6 Å². The van der Waals surface area contributed by atoms with Crippen molar-refractivity contribution in [2.75, 3.05) is 0 Å². The first-order valence-electron chi connectivity index (χ1n) is 3.44. The van der Waals surface area contributed by atoms with E-state index in [-0.39, 0.29) is 0 Å². The van der Waals surface area contributed by atoms with Gasteiger partial charge in [0.05, 0.1) is 0 Å². The van der Waals surface area contributed by atoms with E-state index in [1.165, 1.54) is 0 Å². The molecule has 0 rings (SSSR count). The molecule has 0 spiro atoms. The van der Waals surface area contributed by atoms with Crippen molar-refractivity contribution >= 4 is 30.4 Å². The summed E-state index contributed by atoms with van der Waals surface area (Å²) in [5.41, 5.74) is 4.78. The summed E-state index contributed by atoms with van der Waals surface area (Å²) >= 11 is 3.33. The fourth-order valence-electron chi connectivity index (χ4n) is 0.697. The lowest BCUT2D eigenvalue weighted by Gasteiger charge is -2.25. The minimum Gasteiger partial charge on any atom is -0.478 e. The van der Waals surface area contributed by atoms with Crippen LogP contribution in [0.1, 0.15) is 6.92 Å². The van der Waals surface area contributed by atoms with E-state index >= 15 is 0 Å². The molecule has 0 radical (unpaired) electrons. The predicted molar refractivity (Wildman–Crippen MR) is 48.4 cm³/mol. The minimum atomic E-state index is -2.72. The molecule has 0 aromatic rings. The van der Waals surface area contributed by atoms with Gasteiger partial charge in [0.2, 0.25) is 16.7 Å². The molecule has 2 amide bonds. The van der Waals surface area contributed by atoms with Gasteiger partial charge in [0, 0.05) is 6.92 Å². The van der Waals surface area contributed by atoms with Crippen LogP contribution < -0.4 is 11.1 Å². The van der Waals surface area contributed by atoms with Gasteiger partial charge in [-0.05, 0) is 0 Å². The molecule has 5 N–H and O–H groups in total. The molecule has 80 valence electrons. The van der Waals surface area contributed by atoms with Gasteiger partial charge in [-0.15, -0.1) is 12.6 Å². The molecule has 0 aromatic heterocycles. The highest BCUT2D eigenvalue weighted by Gasteiger charge is 2.45. The van der Waals surface area contributed by atoms with Gasteiger partial charge in [-0.3, -0.25) is 9.59 Å². The Morgan fingerprint density at radius 1 is 1.50 bits per heavy atom. The number of hydrogen-bond acceptors (Lipinski definition) is 5. The summed E-state index contributed by atoms with van der Waals surface area (Å²) in [4.78, 5) is 29.0. The molecule has 8 heteroatoms. The molecule has 0 aliphatic carbocycles. The second kappa shape index (κ2) is 4.29. The van der Waals surface area contributed by atoms with Crippen LogP contribution in [0, 0.1) is 0 Å². The van der Waals surface area contributed by atoms with Crippen molar-refractivity contribution in [3.63, 3.8) is 0 Å². The van der Waals surface area contributed by atoms with E-state index in [0.29, 0.717) is 0 Å². The highest BCUT2D eigenvalue weighted by atomic mass is 32.1. The van der Waals surface area contributed by atoms with Crippen molar-refractivity contribution in [1.29, 1.82) is 0 Å². The van der Waals surface area contributed by atoms with Gasteiger partial charge in [0.1, 0.15) is 0 Å². The number of rotatable bonds is 4. The number of primary amides is 1. The van der Waals surface area contributed by atoms with E-state index in [1.807, 2.05) is 5.32 Å². The minimum absolute atomic E-state index is 0.706. The number of carboxylic acids is 1. The quantitative estimate of drug-likeness (QED) is 0.269. The summed E-state index contributed by atoms with van der Waals surface area (Å²) in [6.07, 6.45) is 0. The molecule has 7 nitrogen and oxygen atoms in total. The van der Waals surface area contributed by atoms with Crippen LogP contribution in [-0.4, -0.2) is 39.0 Å². The normalized spacial score (nSPS) is 16.5. The number of aliphatic hydroxyl groups is 1. The van der Waals surface area contributed by atoms with Crippen LogP contribution in [0.25, 0.3) is 0 Å². The Morgan fingerprint density at radius 3 is 2.14 bits per heavy atom. The maximum Gasteiger partial charge on any atom is 0.349 e. The second-order valence-electron chi connectivity index (χ2n) is 2.57. The molecule has 0 bridgehead atoms. The SMILES string of the molecule is CC(=O)NC(C(N)=O)C(O)(S)C(=O)O. The fourth-order valence-corrected chi connectivity index (χ4v) is 0.889. The van der Waals surface area contributed by atoms with Crippen LogP contribution in [0.2, 0.25) is 0 Å². The maximum absolute atomic E-state index is 10.7. The molecule has 2 unspecified atom stereocenters. The van der Waals surface area contributed by atoms with Crippen molar-refractivity contribution in [1.82, 2.24) is 5.32 Å². The summed E-state index contributed by atoms with van der Waals surface area (Å²) in [6, 6.07) is -1.79. The number of carboxylic acid groups (broad SMARTS) is 1. The van der Waals surface area contributed by atoms with Crippen LogP contribution >= 0.6 is 12.6 Å². The monoisotopic (exact) mass is 222 g/mol. The molecule has 14 heavy (non-hydrogen) atoms. The van der Waals surface area contributed by atoms with Gasteiger partial charge >= 0.3 is 5.97 Å². The van der Waals surface area contributed by atoms with Gasteiger partial charge in [-0.1, -0.05) is 0 Å². The summed E-state index contributed by atoms with van der Waals surface area (Å²) in [6.45, 7) is 1.04. The number of thiol groups is 1. The van der Waals surface area contributed by atoms with Crippen molar-refractivity contribution in [3.8, 4) is 0 Å². The topological polar surface area (TPSA) is 130 Å². The molecule has 0 aliphatic rings. The third-order valence-electron chi connectivity index (χ3n) is 1.35.